The molecule has 2 aromatic rings. The van der Waals surface area contributed by atoms with Gasteiger partial charge in [-0.2, -0.15) is 16.3 Å². The average molecular weight is 195 g/mol. The van der Waals surface area contributed by atoms with Crippen molar-refractivity contribution < 1.29 is 4.52 Å². The van der Waals surface area contributed by atoms with Gasteiger partial charge < -0.3 is 9.84 Å². The molecule has 4 nitrogen and oxygen atoms in total. The van der Waals surface area contributed by atoms with Crippen LogP contribution in [0.3, 0.4) is 0 Å². The molecule has 0 unspecified atom stereocenters. The van der Waals surface area contributed by atoms with Crippen molar-refractivity contribution in [3.8, 4) is 11.4 Å². The molecular formula is C8H9N3OS. The van der Waals surface area contributed by atoms with E-state index >= 15 is 0 Å². The Bertz CT molecular complexity index is 407. The predicted molar refractivity (Wildman–Crippen MR) is 51.9 cm³/mol. The summed E-state index contributed by atoms with van der Waals surface area (Å²) in [7, 11) is 1.75. The Morgan fingerprint density at radius 1 is 1.46 bits per heavy atom. The summed E-state index contributed by atoms with van der Waals surface area (Å²) in [5.74, 6) is 0.642. The van der Waals surface area contributed by atoms with Crippen LogP contribution in [0.25, 0.3) is 11.4 Å². The lowest BCUT2D eigenvalue weighted by Crippen LogP contribution is -1.86. The average Bonchev–Trinajstić information content (AvgIpc) is 2.71. The molecule has 0 saturated heterocycles. The van der Waals surface area contributed by atoms with Gasteiger partial charge in [-0.25, -0.2) is 0 Å². The smallest absolute Gasteiger partial charge is 0.321 e. The van der Waals surface area contributed by atoms with Gasteiger partial charge in [-0.05, 0) is 17.9 Å². The van der Waals surface area contributed by atoms with E-state index in [1.807, 2.05) is 12.3 Å². The van der Waals surface area contributed by atoms with Gasteiger partial charge >= 0.3 is 6.01 Å². The van der Waals surface area contributed by atoms with Gasteiger partial charge in [-0.3, -0.25) is 0 Å². The molecule has 0 atom stereocenters. The zero-order valence-corrected chi connectivity index (χ0v) is 8.18. The fourth-order valence-electron chi connectivity index (χ4n) is 1.02. The van der Waals surface area contributed by atoms with Crippen LogP contribution in [0.4, 0.5) is 6.01 Å². The van der Waals surface area contributed by atoms with Gasteiger partial charge in [0.1, 0.15) is 0 Å². The fourth-order valence-corrected chi connectivity index (χ4v) is 1.85. The van der Waals surface area contributed by atoms with Gasteiger partial charge in [0, 0.05) is 18.0 Å². The van der Waals surface area contributed by atoms with Crippen LogP contribution in [-0.4, -0.2) is 17.2 Å². The maximum Gasteiger partial charge on any atom is 0.321 e. The Morgan fingerprint density at radius 3 is 2.85 bits per heavy atom. The molecule has 2 rings (SSSR count). The largest absolute Gasteiger partial charge is 0.341 e. The second kappa shape index (κ2) is 3.18. The Hall–Kier alpha value is -1.36. The third-order valence-electron chi connectivity index (χ3n) is 1.74. The second-order valence-corrected chi connectivity index (χ2v) is 3.39. The van der Waals surface area contributed by atoms with Crippen molar-refractivity contribution in [2.45, 2.75) is 6.92 Å². The number of rotatable bonds is 2. The summed E-state index contributed by atoms with van der Waals surface area (Å²) in [6.45, 7) is 2.03. The minimum absolute atomic E-state index is 0.445. The number of nitrogens with one attached hydrogen (secondary N) is 1. The third kappa shape index (κ3) is 1.42. The number of anilines is 1. The number of hydrogen-bond acceptors (Lipinski definition) is 5. The first kappa shape index (κ1) is 8.25. The van der Waals surface area contributed by atoms with Crippen LogP contribution in [0.15, 0.2) is 15.3 Å². The molecule has 0 fully saturated rings. The SMILES string of the molecule is CNc1nc(-c2cscc2C)no1. The molecule has 0 spiro atoms. The summed E-state index contributed by atoms with van der Waals surface area (Å²) in [4.78, 5) is 4.15. The Labute approximate surface area is 79.6 Å². The second-order valence-electron chi connectivity index (χ2n) is 2.64. The lowest BCUT2D eigenvalue weighted by atomic mass is 10.2. The molecule has 2 heterocycles. The van der Waals surface area contributed by atoms with Gasteiger partial charge in [-0.15, -0.1) is 0 Å². The molecule has 1 N–H and O–H groups in total. The summed E-state index contributed by atoms with van der Waals surface area (Å²) < 4.78 is 4.92. The minimum Gasteiger partial charge on any atom is -0.341 e. The van der Waals surface area contributed by atoms with Crippen LogP contribution in [0.2, 0.25) is 0 Å². The van der Waals surface area contributed by atoms with Crippen molar-refractivity contribution in [2.75, 3.05) is 12.4 Å². The number of aromatic nitrogens is 2. The van der Waals surface area contributed by atoms with Crippen molar-refractivity contribution in [2.24, 2.45) is 0 Å². The van der Waals surface area contributed by atoms with E-state index in [0.717, 1.165) is 5.56 Å². The first-order valence-corrected chi connectivity index (χ1v) is 4.80. The van der Waals surface area contributed by atoms with Crippen molar-refractivity contribution >= 4 is 17.4 Å². The van der Waals surface area contributed by atoms with E-state index in [2.05, 4.69) is 20.8 Å². The first-order valence-electron chi connectivity index (χ1n) is 3.86. The predicted octanol–water partition coefficient (Wildman–Crippen LogP) is 2.15. The molecule has 2 aromatic heterocycles. The lowest BCUT2D eigenvalue weighted by Gasteiger charge is -1.88. The zero-order chi connectivity index (χ0) is 9.26. The standard InChI is InChI=1S/C8H9N3OS/c1-5-3-13-4-6(5)7-10-8(9-2)12-11-7/h3-4H,1-2H3,(H,9,10,11). The maximum absolute atomic E-state index is 4.92. The quantitative estimate of drug-likeness (QED) is 0.797. The van der Waals surface area contributed by atoms with E-state index in [1.54, 1.807) is 18.4 Å². The summed E-state index contributed by atoms with van der Waals surface area (Å²) in [5, 5.41) is 10.7. The van der Waals surface area contributed by atoms with E-state index in [-0.39, 0.29) is 0 Å². The van der Waals surface area contributed by atoms with E-state index in [4.69, 9.17) is 4.52 Å². The Balaban J connectivity index is 2.41. The highest BCUT2D eigenvalue weighted by atomic mass is 32.1. The Kier molecular flexibility index (Phi) is 2.02. The van der Waals surface area contributed by atoms with Crippen LogP contribution >= 0.6 is 11.3 Å². The van der Waals surface area contributed by atoms with Crippen LogP contribution in [0.5, 0.6) is 0 Å². The molecule has 5 heteroatoms. The molecule has 0 saturated carbocycles. The van der Waals surface area contributed by atoms with E-state index < -0.39 is 0 Å². The summed E-state index contributed by atoms with van der Waals surface area (Å²) in [6, 6.07) is 0.445. The van der Waals surface area contributed by atoms with E-state index in [9.17, 15) is 0 Å². The number of thiophene rings is 1. The molecular weight excluding hydrogens is 186 g/mol. The monoisotopic (exact) mass is 195 g/mol. The van der Waals surface area contributed by atoms with Crippen molar-refractivity contribution in [3.63, 3.8) is 0 Å². The summed E-state index contributed by atoms with van der Waals surface area (Å²) in [5.41, 5.74) is 2.21. The van der Waals surface area contributed by atoms with Crippen LogP contribution < -0.4 is 5.32 Å². The van der Waals surface area contributed by atoms with Crippen LogP contribution in [0.1, 0.15) is 5.56 Å². The third-order valence-corrected chi connectivity index (χ3v) is 2.60. The van der Waals surface area contributed by atoms with Gasteiger partial charge in [0.05, 0.1) is 0 Å². The topological polar surface area (TPSA) is 51.0 Å². The summed E-state index contributed by atoms with van der Waals surface area (Å²) in [6.07, 6.45) is 0. The molecule has 0 bridgehead atoms. The zero-order valence-electron chi connectivity index (χ0n) is 7.37. The highest BCUT2D eigenvalue weighted by Gasteiger charge is 2.09. The molecule has 0 aromatic carbocycles. The first-order chi connectivity index (χ1) is 6.31. The van der Waals surface area contributed by atoms with Crippen molar-refractivity contribution in [3.05, 3.63) is 16.3 Å². The molecule has 0 aliphatic heterocycles. The molecule has 68 valence electrons. The van der Waals surface area contributed by atoms with Crippen LogP contribution in [0, 0.1) is 6.92 Å². The number of nitrogens with zero attached hydrogens (tertiary/aromatic N) is 2. The normalized spacial score (nSPS) is 10.3. The van der Waals surface area contributed by atoms with Crippen molar-refractivity contribution in [1.29, 1.82) is 0 Å². The van der Waals surface area contributed by atoms with Gasteiger partial charge in [0.15, 0.2) is 0 Å². The van der Waals surface area contributed by atoms with Gasteiger partial charge in [-0.1, -0.05) is 5.16 Å². The number of aryl methyl sites for hydroxylation is 1. The van der Waals surface area contributed by atoms with Crippen LogP contribution in [-0.2, 0) is 0 Å². The highest BCUT2D eigenvalue weighted by Crippen LogP contribution is 2.24. The fraction of sp³-hybridized carbons (Fsp3) is 0.250. The lowest BCUT2D eigenvalue weighted by molar-refractivity contribution is 0.434. The maximum atomic E-state index is 4.92. The number of hydrogen-bond donors (Lipinski definition) is 1. The molecule has 13 heavy (non-hydrogen) atoms. The minimum atomic E-state index is 0.445. The van der Waals surface area contributed by atoms with E-state index in [0.29, 0.717) is 11.8 Å². The summed E-state index contributed by atoms with van der Waals surface area (Å²) >= 11 is 1.64. The van der Waals surface area contributed by atoms with Gasteiger partial charge in [0.25, 0.3) is 0 Å². The van der Waals surface area contributed by atoms with Gasteiger partial charge in [0.2, 0.25) is 5.82 Å². The molecule has 0 aliphatic carbocycles. The molecule has 0 aliphatic rings. The van der Waals surface area contributed by atoms with E-state index in [1.165, 1.54) is 5.56 Å². The Morgan fingerprint density at radius 2 is 2.31 bits per heavy atom. The highest BCUT2D eigenvalue weighted by molar-refractivity contribution is 7.08. The van der Waals surface area contributed by atoms with Crippen molar-refractivity contribution in [1.82, 2.24) is 10.1 Å². The molecule has 0 radical (unpaired) electrons. The molecule has 0 amide bonds.